The second-order valence-electron chi connectivity index (χ2n) is 15.2. The maximum atomic E-state index is 12.1. The third-order valence-corrected chi connectivity index (χ3v) is 10.2. The normalized spacial score (nSPS) is 11.4. The van der Waals surface area contributed by atoms with Gasteiger partial charge in [0.15, 0.2) is 0 Å². The van der Waals surface area contributed by atoms with Gasteiger partial charge in [-0.05, 0) is 71.0 Å². The smallest absolute Gasteiger partial charge is 0.333 e. The molecule has 292 valence electrons. The van der Waals surface area contributed by atoms with Gasteiger partial charge in [-0.3, -0.25) is 4.79 Å². The van der Waals surface area contributed by atoms with Crippen LogP contribution in [-0.4, -0.2) is 65.8 Å². The molecule has 0 saturated heterocycles. The molecule has 0 aromatic rings. The first-order valence-corrected chi connectivity index (χ1v) is 22.3. The number of nitrogens with zero attached hydrogens (tertiary/aromatic N) is 2. The van der Waals surface area contributed by atoms with E-state index in [1.54, 1.807) is 0 Å². The fourth-order valence-electron chi connectivity index (χ4n) is 6.95. The Morgan fingerprint density at radius 3 is 1.33 bits per heavy atom. The van der Waals surface area contributed by atoms with Crippen molar-refractivity contribution in [3.8, 4) is 0 Å². The third-order valence-electron chi connectivity index (χ3n) is 10.2. The second-order valence-corrected chi connectivity index (χ2v) is 15.2. The van der Waals surface area contributed by atoms with E-state index in [1.165, 1.54) is 180 Å². The predicted molar refractivity (Wildman–Crippen MR) is 215 cm³/mol. The summed E-state index contributed by atoms with van der Waals surface area (Å²) in [7, 11) is 0. The van der Waals surface area contributed by atoms with E-state index >= 15 is 0 Å². The first kappa shape index (κ1) is 47.9. The van der Waals surface area contributed by atoms with Crippen molar-refractivity contribution in [2.24, 2.45) is 0 Å². The molecule has 0 aromatic carbocycles. The molecule has 49 heavy (non-hydrogen) atoms. The van der Waals surface area contributed by atoms with Crippen LogP contribution in [0.1, 0.15) is 233 Å². The molecule has 5 heteroatoms. The number of esters is 1. The van der Waals surface area contributed by atoms with Gasteiger partial charge in [-0.1, -0.05) is 156 Å². The maximum absolute atomic E-state index is 12.1. The zero-order chi connectivity index (χ0) is 35.9. The minimum Gasteiger partial charge on any atom is -0.466 e. The Morgan fingerprint density at radius 2 is 0.837 bits per heavy atom. The van der Waals surface area contributed by atoms with Crippen LogP contribution in [0.3, 0.4) is 0 Å². The van der Waals surface area contributed by atoms with Crippen molar-refractivity contribution in [2.45, 2.75) is 233 Å². The Morgan fingerprint density at radius 1 is 0.449 bits per heavy atom. The number of unbranched alkanes of at least 4 members (excludes halogenated alkanes) is 24. The number of ether oxygens (including phenoxy) is 1. The van der Waals surface area contributed by atoms with Crippen molar-refractivity contribution in [1.29, 1.82) is 0 Å². The van der Waals surface area contributed by atoms with Gasteiger partial charge in [0.1, 0.15) is 13.1 Å². The highest BCUT2D eigenvalue weighted by atomic mass is 16.5. The van der Waals surface area contributed by atoms with Crippen LogP contribution in [0.4, 0.5) is 0 Å². The Bertz CT molecular complexity index is 692. The SMILES string of the molecule is CCCCCCCCCCCOC(=O)CCCCCN(CCC)CCCCCCCC(O)=[N+](CCCCCCCC)CCCCCCCC. The van der Waals surface area contributed by atoms with Crippen LogP contribution >= 0.6 is 0 Å². The zero-order valence-electron chi connectivity index (χ0n) is 34.0. The van der Waals surface area contributed by atoms with E-state index in [4.69, 9.17) is 4.74 Å². The lowest BCUT2D eigenvalue weighted by molar-refractivity contribution is -0.537. The van der Waals surface area contributed by atoms with Crippen LogP contribution in [0.5, 0.6) is 0 Å². The van der Waals surface area contributed by atoms with Crippen molar-refractivity contribution in [2.75, 3.05) is 39.3 Å². The fraction of sp³-hybridized carbons (Fsp3) is 0.955. The van der Waals surface area contributed by atoms with Gasteiger partial charge in [0.05, 0.1) is 13.0 Å². The van der Waals surface area contributed by atoms with Gasteiger partial charge in [0.25, 0.3) is 0 Å². The molecule has 0 aliphatic carbocycles. The van der Waals surface area contributed by atoms with Crippen LogP contribution in [0.2, 0.25) is 0 Å². The number of aliphatic hydroxyl groups excluding tert-OH is 1. The number of rotatable bonds is 40. The topological polar surface area (TPSA) is 52.8 Å². The number of aliphatic hydroxyl groups is 1. The van der Waals surface area contributed by atoms with Crippen LogP contribution in [0, 0.1) is 0 Å². The summed E-state index contributed by atoms with van der Waals surface area (Å²) in [6.07, 6.45) is 39.4. The highest BCUT2D eigenvalue weighted by molar-refractivity contribution is 5.69. The van der Waals surface area contributed by atoms with E-state index in [2.05, 4.69) is 37.2 Å². The predicted octanol–water partition coefficient (Wildman–Crippen LogP) is 13.4. The molecule has 0 spiro atoms. The number of hydrogen-bond acceptors (Lipinski definition) is 3. The minimum absolute atomic E-state index is 0.000726. The summed E-state index contributed by atoms with van der Waals surface area (Å²) < 4.78 is 7.80. The number of carbonyl (C=O) groups is 1. The van der Waals surface area contributed by atoms with Crippen LogP contribution in [0.15, 0.2) is 0 Å². The van der Waals surface area contributed by atoms with Gasteiger partial charge in [-0.15, -0.1) is 0 Å². The minimum atomic E-state index is -0.000726. The van der Waals surface area contributed by atoms with E-state index < -0.39 is 0 Å². The number of carbonyl (C=O) groups excluding carboxylic acids is 1. The Labute approximate surface area is 307 Å². The molecular weight excluding hydrogens is 604 g/mol. The molecule has 0 fully saturated rings. The summed E-state index contributed by atoms with van der Waals surface area (Å²) in [4.78, 5) is 14.7. The zero-order valence-corrected chi connectivity index (χ0v) is 34.0. The summed E-state index contributed by atoms with van der Waals surface area (Å²) in [6.45, 7) is 15.3. The van der Waals surface area contributed by atoms with Crippen LogP contribution < -0.4 is 0 Å². The lowest BCUT2D eigenvalue weighted by Gasteiger charge is -2.21. The average molecular weight is 694 g/mol. The van der Waals surface area contributed by atoms with E-state index in [0.29, 0.717) is 18.9 Å². The maximum Gasteiger partial charge on any atom is 0.333 e. The fourth-order valence-corrected chi connectivity index (χ4v) is 6.95. The number of hydrogen-bond donors (Lipinski definition) is 1. The first-order chi connectivity index (χ1) is 24.1. The monoisotopic (exact) mass is 694 g/mol. The molecule has 0 aliphatic heterocycles. The Balaban J connectivity index is 4.06. The van der Waals surface area contributed by atoms with Gasteiger partial charge < -0.3 is 14.7 Å². The summed E-state index contributed by atoms with van der Waals surface area (Å²) in [5.41, 5.74) is 0. The highest BCUT2D eigenvalue weighted by Crippen LogP contribution is 2.12. The van der Waals surface area contributed by atoms with E-state index in [0.717, 1.165) is 51.7 Å². The van der Waals surface area contributed by atoms with Crippen molar-refractivity contribution in [1.82, 2.24) is 4.90 Å². The van der Waals surface area contributed by atoms with E-state index in [1.807, 2.05) is 0 Å². The Kier molecular flexibility index (Phi) is 38.8. The van der Waals surface area contributed by atoms with Gasteiger partial charge in [-0.25, -0.2) is 4.58 Å². The molecule has 0 saturated carbocycles. The summed E-state index contributed by atoms with van der Waals surface area (Å²) >= 11 is 0. The molecule has 0 amide bonds. The molecular formula is C44H89N2O3+. The van der Waals surface area contributed by atoms with Crippen molar-refractivity contribution < 1.29 is 19.2 Å². The molecule has 0 rings (SSSR count). The summed E-state index contributed by atoms with van der Waals surface area (Å²) in [5, 5.41) is 11.0. The van der Waals surface area contributed by atoms with Gasteiger partial charge in [0.2, 0.25) is 0 Å². The van der Waals surface area contributed by atoms with Crippen molar-refractivity contribution >= 4 is 11.9 Å². The molecule has 0 aliphatic rings. The Hall–Kier alpha value is -1.10. The molecule has 1 N–H and O–H groups in total. The first-order valence-electron chi connectivity index (χ1n) is 22.3. The quantitative estimate of drug-likeness (QED) is 0.0228. The lowest BCUT2D eigenvalue weighted by atomic mass is 10.1. The average Bonchev–Trinajstić information content (AvgIpc) is 3.10. The molecule has 5 nitrogen and oxygen atoms in total. The molecule has 0 radical (unpaired) electrons. The summed E-state index contributed by atoms with van der Waals surface area (Å²) in [6, 6.07) is 0. The largest absolute Gasteiger partial charge is 0.466 e. The standard InChI is InChI=1S/C44H88N2O3/c1-5-9-12-15-18-19-20-26-34-42-49-44(48)36-29-27-31-39-45(37-8-4)38-30-23-21-22-28-35-43(47)46(40-32-24-16-13-10-6-2)41-33-25-17-14-11-7-3/h5-42H2,1-4H3/p+1. The van der Waals surface area contributed by atoms with E-state index in [-0.39, 0.29) is 5.97 Å². The molecule has 0 aromatic heterocycles. The second kappa shape index (κ2) is 39.7. The van der Waals surface area contributed by atoms with Gasteiger partial charge in [0, 0.05) is 19.3 Å². The third kappa shape index (κ3) is 35.1. The van der Waals surface area contributed by atoms with Gasteiger partial charge in [-0.2, -0.15) is 0 Å². The van der Waals surface area contributed by atoms with Gasteiger partial charge >= 0.3 is 11.9 Å². The lowest BCUT2D eigenvalue weighted by Crippen LogP contribution is -2.27. The molecule has 0 heterocycles. The van der Waals surface area contributed by atoms with Crippen LogP contribution in [-0.2, 0) is 9.53 Å². The molecule has 0 atom stereocenters. The summed E-state index contributed by atoms with van der Waals surface area (Å²) in [5.74, 6) is 0.655. The van der Waals surface area contributed by atoms with Crippen molar-refractivity contribution in [3.63, 3.8) is 0 Å². The highest BCUT2D eigenvalue weighted by Gasteiger charge is 2.13. The van der Waals surface area contributed by atoms with Crippen molar-refractivity contribution in [3.05, 3.63) is 0 Å². The van der Waals surface area contributed by atoms with Crippen LogP contribution in [0.25, 0.3) is 0 Å². The molecule has 0 unspecified atom stereocenters. The molecule has 0 bridgehead atoms. The van der Waals surface area contributed by atoms with E-state index in [9.17, 15) is 9.90 Å².